The number of pyridine rings is 1. The summed E-state index contributed by atoms with van der Waals surface area (Å²) in [6.07, 6.45) is 2.58. The molecule has 2 amide bonds. The fourth-order valence-electron chi connectivity index (χ4n) is 3.52. The smallest absolute Gasteiger partial charge is 0.290 e. The largest absolute Gasteiger partial charge is 0.383 e. The number of rotatable bonds is 5. The van der Waals surface area contributed by atoms with E-state index in [1.807, 2.05) is 30.3 Å². The topological polar surface area (TPSA) is 75.9 Å². The number of carbonyl (C=O) groups is 2. The van der Waals surface area contributed by atoms with Gasteiger partial charge in [-0.3, -0.25) is 14.0 Å². The Morgan fingerprint density at radius 1 is 1.14 bits per heavy atom. The number of nitrogens with one attached hydrogen (secondary N) is 1. The second-order valence-corrected chi connectivity index (χ2v) is 6.73. The van der Waals surface area contributed by atoms with Crippen molar-refractivity contribution >= 4 is 17.3 Å². The summed E-state index contributed by atoms with van der Waals surface area (Å²) in [6.45, 7) is 1.98. The number of aromatic nitrogens is 2. The molecular weight excluding hydrogens is 356 g/mol. The maximum Gasteiger partial charge on any atom is 0.290 e. The molecule has 0 radical (unpaired) electrons. The van der Waals surface area contributed by atoms with Crippen LogP contribution in [0.3, 0.4) is 0 Å². The summed E-state index contributed by atoms with van der Waals surface area (Å²) < 4.78 is 6.65. The molecular formula is C21H22N4O3. The summed E-state index contributed by atoms with van der Waals surface area (Å²) in [7, 11) is 1.58. The highest BCUT2D eigenvalue weighted by atomic mass is 16.5. The normalized spacial score (nSPS) is 13.4. The van der Waals surface area contributed by atoms with Gasteiger partial charge in [-0.1, -0.05) is 30.3 Å². The van der Waals surface area contributed by atoms with Gasteiger partial charge in [0, 0.05) is 32.9 Å². The van der Waals surface area contributed by atoms with Crippen molar-refractivity contribution in [3.05, 3.63) is 71.3 Å². The molecule has 0 atom stereocenters. The van der Waals surface area contributed by atoms with Gasteiger partial charge in [-0.2, -0.15) is 0 Å². The molecule has 144 valence electrons. The molecule has 0 fully saturated rings. The molecule has 0 aliphatic carbocycles. The highest BCUT2D eigenvalue weighted by Gasteiger charge is 2.27. The predicted octanol–water partition coefficient (Wildman–Crippen LogP) is 1.91. The van der Waals surface area contributed by atoms with E-state index in [0.29, 0.717) is 31.8 Å². The van der Waals surface area contributed by atoms with Gasteiger partial charge in [0.2, 0.25) is 5.82 Å². The number of imidazole rings is 1. The summed E-state index contributed by atoms with van der Waals surface area (Å²) in [5.74, 6) is -0.234. The second kappa shape index (κ2) is 7.82. The highest BCUT2D eigenvalue weighted by Crippen LogP contribution is 2.21. The Morgan fingerprint density at radius 2 is 1.93 bits per heavy atom. The molecule has 3 aromatic rings. The predicted molar refractivity (Wildman–Crippen MR) is 104 cm³/mol. The molecule has 2 aromatic heterocycles. The first-order chi connectivity index (χ1) is 13.7. The van der Waals surface area contributed by atoms with E-state index in [0.717, 1.165) is 12.0 Å². The summed E-state index contributed by atoms with van der Waals surface area (Å²) >= 11 is 0. The second-order valence-electron chi connectivity index (χ2n) is 6.73. The average molecular weight is 378 g/mol. The molecule has 7 nitrogen and oxygen atoms in total. The van der Waals surface area contributed by atoms with Crippen molar-refractivity contribution < 1.29 is 14.3 Å². The Hall–Kier alpha value is -3.19. The van der Waals surface area contributed by atoms with Crippen molar-refractivity contribution in [2.45, 2.75) is 13.0 Å². The van der Waals surface area contributed by atoms with Gasteiger partial charge in [-0.05, 0) is 29.7 Å². The molecule has 1 aliphatic rings. The standard InChI is InChI=1S/C21H22N4O3/c1-28-13-10-22-20(26)18-17-8-4-5-11-25(17)19(23-18)21(27)24-12-9-15-6-2-3-7-16(15)14-24/h2-8,11H,9-10,12-14H2,1H3,(H,22,26). The minimum Gasteiger partial charge on any atom is -0.383 e. The van der Waals surface area contributed by atoms with Crippen LogP contribution in [0.1, 0.15) is 32.2 Å². The Labute approximate surface area is 162 Å². The minimum atomic E-state index is -0.316. The molecule has 3 heterocycles. The van der Waals surface area contributed by atoms with Gasteiger partial charge in [0.05, 0.1) is 12.1 Å². The molecule has 1 N–H and O–H groups in total. The van der Waals surface area contributed by atoms with Crippen LogP contribution in [0, 0.1) is 0 Å². The molecule has 0 saturated carbocycles. The zero-order valence-electron chi connectivity index (χ0n) is 15.7. The lowest BCUT2D eigenvalue weighted by Gasteiger charge is -2.28. The molecule has 0 spiro atoms. The number of methoxy groups -OCH3 is 1. The van der Waals surface area contributed by atoms with Crippen LogP contribution >= 0.6 is 0 Å². The Balaban J connectivity index is 1.64. The average Bonchev–Trinajstić information content (AvgIpc) is 3.13. The van der Waals surface area contributed by atoms with Gasteiger partial charge < -0.3 is 15.0 Å². The van der Waals surface area contributed by atoms with E-state index in [1.165, 1.54) is 5.56 Å². The monoisotopic (exact) mass is 378 g/mol. The first-order valence-electron chi connectivity index (χ1n) is 9.29. The molecule has 4 rings (SSSR count). The van der Waals surface area contributed by atoms with Crippen molar-refractivity contribution in [2.24, 2.45) is 0 Å². The first-order valence-corrected chi connectivity index (χ1v) is 9.29. The number of benzene rings is 1. The van der Waals surface area contributed by atoms with E-state index < -0.39 is 0 Å². The molecule has 7 heteroatoms. The number of amides is 2. The number of ether oxygens (including phenoxy) is 1. The maximum atomic E-state index is 13.2. The zero-order chi connectivity index (χ0) is 19.5. The third-order valence-corrected chi connectivity index (χ3v) is 4.96. The third-order valence-electron chi connectivity index (χ3n) is 4.96. The van der Waals surface area contributed by atoms with Crippen LogP contribution in [-0.4, -0.2) is 52.9 Å². The number of fused-ring (bicyclic) bond motifs is 2. The van der Waals surface area contributed by atoms with Crippen LogP contribution in [0.4, 0.5) is 0 Å². The Bertz CT molecular complexity index is 1030. The molecule has 0 bridgehead atoms. The van der Waals surface area contributed by atoms with Gasteiger partial charge in [-0.15, -0.1) is 0 Å². The van der Waals surface area contributed by atoms with E-state index in [-0.39, 0.29) is 23.3 Å². The summed E-state index contributed by atoms with van der Waals surface area (Å²) in [5.41, 5.74) is 3.29. The SMILES string of the molecule is COCCNC(=O)c1nc(C(=O)N2CCc3ccccc3C2)n2ccccc12. The number of hydrogen-bond donors (Lipinski definition) is 1. The van der Waals surface area contributed by atoms with Crippen molar-refractivity contribution in [3.63, 3.8) is 0 Å². The highest BCUT2D eigenvalue weighted by molar-refractivity contribution is 6.02. The van der Waals surface area contributed by atoms with Gasteiger partial charge >= 0.3 is 0 Å². The number of hydrogen-bond acceptors (Lipinski definition) is 4. The van der Waals surface area contributed by atoms with E-state index >= 15 is 0 Å². The quantitative estimate of drug-likeness (QED) is 0.688. The van der Waals surface area contributed by atoms with E-state index in [4.69, 9.17) is 4.74 Å². The van der Waals surface area contributed by atoms with E-state index in [2.05, 4.69) is 16.4 Å². The van der Waals surface area contributed by atoms with Crippen LogP contribution in [0.5, 0.6) is 0 Å². The maximum absolute atomic E-state index is 13.2. The summed E-state index contributed by atoms with van der Waals surface area (Å²) in [6, 6.07) is 13.6. The van der Waals surface area contributed by atoms with Gasteiger partial charge in [0.1, 0.15) is 0 Å². The lowest BCUT2D eigenvalue weighted by molar-refractivity contribution is 0.0721. The van der Waals surface area contributed by atoms with Crippen LogP contribution in [0.2, 0.25) is 0 Å². The molecule has 0 saturated heterocycles. The zero-order valence-corrected chi connectivity index (χ0v) is 15.7. The van der Waals surface area contributed by atoms with Crippen molar-refractivity contribution in [1.82, 2.24) is 19.6 Å². The Morgan fingerprint density at radius 3 is 2.75 bits per heavy atom. The number of carbonyl (C=O) groups excluding carboxylic acids is 2. The molecule has 28 heavy (non-hydrogen) atoms. The van der Waals surface area contributed by atoms with Crippen LogP contribution < -0.4 is 5.32 Å². The van der Waals surface area contributed by atoms with Crippen LogP contribution in [0.15, 0.2) is 48.7 Å². The van der Waals surface area contributed by atoms with Crippen LogP contribution in [-0.2, 0) is 17.7 Å². The molecule has 0 unspecified atom stereocenters. The van der Waals surface area contributed by atoms with Gasteiger partial charge in [-0.25, -0.2) is 4.98 Å². The summed E-state index contributed by atoms with van der Waals surface area (Å²) in [5, 5.41) is 2.77. The van der Waals surface area contributed by atoms with Gasteiger partial charge in [0.15, 0.2) is 5.69 Å². The van der Waals surface area contributed by atoms with E-state index in [1.54, 1.807) is 28.7 Å². The molecule has 1 aromatic carbocycles. The van der Waals surface area contributed by atoms with Gasteiger partial charge in [0.25, 0.3) is 11.8 Å². The fourth-order valence-corrected chi connectivity index (χ4v) is 3.52. The van der Waals surface area contributed by atoms with E-state index in [9.17, 15) is 9.59 Å². The van der Waals surface area contributed by atoms with Crippen LogP contribution in [0.25, 0.3) is 5.52 Å². The third kappa shape index (κ3) is 3.36. The fraction of sp³-hybridized carbons (Fsp3) is 0.286. The molecule has 1 aliphatic heterocycles. The lowest BCUT2D eigenvalue weighted by atomic mass is 10.00. The number of nitrogens with zero attached hydrogens (tertiary/aromatic N) is 3. The minimum absolute atomic E-state index is 0.174. The van der Waals surface area contributed by atoms with Crippen molar-refractivity contribution in [2.75, 3.05) is 26.8 Å². The lowest BCUT2D eigenvalue weighted by Crippen LogP contribution is -2.37. The summed E-state index contributed by atoms with van der Waals surface area (Å²) in [4.78, 5) is 32.0. The van der Waals surface area contributed by atoms with Crippen molar-refractivity contribution in [1.29, 1.82) is 0 Å². The van der Waals surface area contributed by atoms with Crippen molar-refractivity contribution in [3.8, 4) is 0 Å². The Kier molecular flexibility index (Phi) is 5.08. The first kappa shape index (κ1) is 18.2.